The zero-order valence-electron chi connectivity index (χ0n) is 13.6. The smallest absolute Gasteiger partial charge is 0.266 e. The summed E-state index contributed by atoms with van der Waals surface area (Å²) in [6.07, 6.45) is 5.23. The normalized spacial score (nSPS) is 23.2. The Hall–Kier alpha value is -1.91. The van der Waals surface area contributed by atoms with E-state index in [-0.39, 0.29) is 24.0 Å². The molecule has 1 atom stereocenters. The molecule has 1 unspecified atom stereocenters. The molecule has 2 amide bonds. The Labute approximate surface area is 160 Å². The maximum Gasteiger partial charge on any atom is 0.266 e. The van der Waals surface area contributed by atoms with Crippen LogP contribution in [-0.2, 0) is 19.4 Å². The maximum absolute atomic E-state index is 12.4. The van der Waals surface area contributed by atoms with E-state index in [1.54, 1.807) is 18.2 Å². The van der Waals surface area contributed by atoms with Crippen molar-refractivity contribution in [1.29, 1.82) is 0 Å². The second kappa shape index (κ2) is 7.77. The zero-order valence-corrected chi connectivity index (χ0v) is 16.0. The van der Waals surface area contributed by atoms with E-state index in [0.29, 0.717) is 28.0 Å². The Kier molecular flexibility index (Phi) is 5.64. The fourth-order valence-electron chi connectivity index (χ4n) is 2.54. The van der Waals surface area contributed by atoms with Crippen LogP contribution in [0.25, 0.3) is 6.08 Å². The van der Waals surface area contributed by atoms with E-state index in [1.807, 2.05) is 0 Å². The fourth-order valence-corrected chi connectivity index (χ4v) is 5.06. The lowest BCUT2D eigenvalue weighted by molar-refractivity contribution is -0.124. The van der Waals surface area contributed by atoms with Gasteiger partial charge < -0.3 is 9.73 Å². The SMILES string of the molecule is O=C(CCCN1C(=O)/C(=C/c2ccco2)SC1=S)NC1C=CS(=O)(=O)C1. The van der Waals surface area contributed by atoms with E-state index in [2.05, 4.69) is 5.32 Å². The molecular weight excluding hydrogens is 396 g/mol. The topological polar surface area (TPSA) is 96.7 Å². The summed E-state index contributed by atoms with van der Waals surface area (Å²) in [6, 6.07) is 2.99. The monoisotopic (exact) mass is 412 g/mol. The predicted octanol–water partition coefficient (Wildman–Crippen LogP) is 1.69. The van der Waals surface area contributed by atoms with Gasteiger partial charge in [0.1, 0.15) is 10.1 Å². The van der Waals surface area contributed by atoms with Crippen LogP contribution in [0.2, 0.25) is 0 Å². The molecule has 0 radical (unpaired) electrons. The van der Waals surface area contributed by atoms with Crippen molar-refractivity contribution in [1.82, 2.24) is 10.2 Å². The molecule has 1 aromatic rings. The largest absolute Gasteiger partial charge is 0.465 e. The van der Waals surface area contributed by atoms with Crippen molar-refractivity contribution in [3.63, 3.8) is 0 Å². The first-order valence-corrected chi connectivity index (χ1v) is 10.8. The fraction of sp³-hybridized carbons (Fsp3) is 0.312. The average Bonchev–Trinajstić information content (AvgIpc) is 3.25. The molecule has 0 spiro atoms. The van der Waals surface area contributed by atoms with Crippen molar-refractivity contribution < 1.29 is 22.4 Å². The molecule has 1 aromatic heterocycles. The standard InChI is InChI=1S/C16H16N2O5S3/c19-14(17-11-5-8-26(21,22)10-11)4-1-6-18-15(20)13(25-16(18)24)9-12-3-2-7-23-12/h2-3,5,7-9,11H,1,4,6,10H2,(H,17,19)/b13-9-. The van der Waals surface area contributed by atoms with Crippen molar-refractivity contribution in [2.24, 2.45) is 0 Å². The second-order valence-corrected chi connectivity index (χ2v) is 9.39. The Morgan fingerprint density at radius 3 is 2.96 bits per heavy atom. The molecule has 3 heterocycles. The van der Waals surface area contributed by atoms with Crippen molar-refractivity contribution in [2.75, 3.05) is 12.3 Å². The minimum Gasteiger partial charge on any atom is -0.465 e. The first-order valence-electron chi connectivity index (χ1n) is 7.83. The summed E-state index contributed by atoms with van der Waals surface area (Å²) in [4.78, 5) is 26.3. The summed E-state index contributed by atoms with van der Waals surface area (Å²) in [5.41, 5.74) is 0. The third-order valence-electron chi connectivity index (χ3n) is 3.75. The highest BCUT2D eigenvalue weighted by Crippen LogP contribution is 2.32. The third kappa shape index (κ3) is 4.63. The van der Waals surface area contributed by atoms with Gasteiger partial charge in [-0.05, 0) is 24.6 Å². The molecule has 7 nitrogen and oxygen atoms in total. The number of hydrogen-bond donors (Lipinski definition) is 1. The molecule has 26 heavy (non-hydrogen) atoms. The lowest BCUT2D eigenvalue weighted by Crippen LogP contribution is -2.36. The van der Waals surface area contributed by atoms with Crippen molar-refractivity contribution in [3.05, 3.63) is 40.5 Å². The molecule has 2 aliphatic rings. The quantitative estimate of drug-likeness (QED) is 0.561. The molecule has 1 N–H and O–H groups in total. The number of carbonyl (C=O) groups excluding carboxylic acids is 2. The molecule has 0 saturated carbocycles. The number of thioether (sulfide) groups is 1. The number of sulfone groups is 1. The summed E-state index contributed by atoms with van der Waals surface area (Å²) in [5.74, 6) is 0.00441. The van der Waals surface area contributed by atoms with Crippen LogP contribution in [0.4, 0.5) is 0 Å². The number of amides is 2. The molecule has 1 saturated heterocycles. The van der Waals surface area contributed by atoms with Gasteiger partial charge in [0.2, 0.25) is 5.91 Å². The number of hydrogen-bond acceptors (Lipinski definition) is 7. The number of nitrogens with one attached hydrogen (secondary N) is 1. The van der Waals surface area contributed by atoms with E-state index < -0.39 is 15.9 Å². The minimum atomic E-state index is -3.20. The molecule has 10 heteroatoms. The van der Waals surface area contributed by atoms with Crippen molar-refractivity contribution >= 4 is 56.0 Å². The maximum atomic E-state index is 12.4. The van der Waals surface area contributed by atoms with E-state index in [9.17, 15) is 18.0 Å². The summed E-state index contributed by atoms with van der Waals surface area (Å²) < 4.78 is 28.3. The molecule has 1 fully saturated rings. The van der Waals surface area contributed by atoms with Crippen LogP contribution in [0.5, 0.6) is 0 Å². The Bertz CT molecular complexity index is 887. The van der Waals surface area contributed by atoms with Gasteiger partial charge in [-0.1, -0.05) is 24.0 Å². The third-order valence-corrected chi connectivity index (χ3v) is 6.53. The highest BCUT2D eigenvalue weighted by Gasteiger charge is 2.32. The lowest BCUT2D eigenvalue weighted by Gasteiger charge is -2.15. The number of rotatable bonds is 6. The summed E-state index contributed by atoms with van der Waals surface area (Å²) in [6.45, 7) is 0.326. The van der Waals surface area contributed by atoms with Gasteiger partial charge in [-0.2, -0.15) is 0 Å². The Morgan fingerprint density at radius 2 is 2.31 bits per heavy atom. The van der Waals surface area contributed by atoms with Gasteiger partial charge in [-0.3, -0.25) is 14.5 Å². The Morgan fingerprint density at radius 1 is 1.50 bits per heavy atom. The predicted molar refractivity (Wildman–Crippen MR) is 103 cm³/mol. The highest BCUT2D eigenvalue weighted by molar-refractivity contribution is 8.26. The van der Waals surface area contributed by atoms with Crippen LogP contribution in [0.1, 0.15) is 18.6 Å². The molecule has 138 valence electrons. The van der Waals surface area contributed by atoms with Gasteiger partial charge in [-0.15, -0.1) is 0 Å². The van der Waals surface area contributed by atoms with E-state index in [4.69, 9.17) is 16.6 Å². The summed E-state index contributed by atoms with van der Waals surface area (Å²) in [5, 5.41) is 3.77. The van der Waals surface area contributed by atoms with Crippen LogP contribution in [0.15, 0.2) is 39.2 Å². The van der Waals surface area contributed by atoms with Gasteiger partial charge >= 0.3 is 0 Å². The van der Waals surface area contributed by atoms with Gasteiger partial charge in [0.25, 0.3) is 5.91 Å². The highest BCUT2D eigenvalue weighted by atomic mass is 32.2. The van der Waals surface area contributed by atoms with Crippen LogP contribution in [0, 0.1) is 0 Å². The van der Waals surface area contributed by atoms with Crippen molar-refractivity contribution in [3.8, 4) is 0 Å². The van der Waals surface area contributed by atoms with Gasteiger partial charge in [0.05, 0.1) is 23.0 Å². The number of furan rings is 1. The van der Waals surface area contributed by atoms with E-state index >= 15 is 0 Å². The number of nitrogens with zero attached hydrogens (tertiary/aromatic N) is 1. The van der Waals surface area contributed by atoms with E-state index in [0.717, 1.165) is 5.41 Å². The first-order chi connectivity index (χ1) is 12.3. The first kappa shape index (κ1) is 18.9. The molecule has 2 aliphatic heterocycles. The second-order valence-electron chi connectivity index (χ2n) is 5.78. The minimum absolute atomic E-state index is 0.106. The number of thiocarbonyl (C=S) groups is 1. The lowest BCUT2D eigenvalue weighted by atomic mass is 10.2. The van der Waals surface area contributed by atoms with Crippen LogP contribution < -0.4 is 5.32 Å². The van der Waals surface area contributed by atoms with Gasteiger partial charge in [0, 0.05) is 24.4 Å². The van der Waals surface area contributed by atoms with Crippen molar-refractivity contribution in [2.45, 2.75) is 18.9 Å². The molecule has 0 aromatic carbocycles. The molecular formula is C16H16N2O5S3. The van der Waals surface area contributed by atoms with E-state index in [1.165, 1.54) is 29.0 Å². The summed E-state index contributed by atoms with van der Waals surface area (Å²) >= 11 is 6.43. The summed E-state index contributed by atoms with van der Waals surface area (Å²) in [7, 11) is -3.20. The van der Waals surface area contributed by atoms with Crippen LogP contribution >= 0.6 is 24.0 Å². The van der Waals surface area contributed by atoms with Crippen LogP contribution in [0.3, 0.4) is 0 Å². The number of carbonyl (C=O) groups is 2. The van der Waals surface area contributed by atoms with Gasteiger partial charge in [0.15, 0.2) is 9.84 Å². The van der Waals surface area contributed by atoms with Crippen LogP contribution in [-0.4, -0.2) is 47.8 Å². The van der Waals surface area contributed by atoms with Gasteiger partial charge in [-0.25, -0.2) is 8.42 Å². The molecule has 0 bridgehead atoms. The molecule has 3 rings (SSSR count). The molecule has 0 aliphatic carbocycles. The average molecular weight is 413 g/mol. The Balaban J connectivity index is 1.47. The zero-order chi connectivity index (χ0) is 18.7.